The minimum Gasteiger partial charge on any atom is -0.481 e. The molecule has 18 heavy (non-hydrogen) atoms. The van der Waals surface area contributed by atoms with Gasteiger partial charge in [-0.25, -0.2) is 4.98 Å². The molecule has 96 valence electrons. The first kappa shape index (κ1) is 13.2. The molecule has 4 nitrogen and oxygen atoms in total. The van der Waals surface area contributed by atoms with Crippen LogP contribution in [0.25, 0.3) is 9.88 Å². The number of nitrogens with zero attached hydrogens (tertiary/aromatic N) is 2. The Hall–Kier alpha value is -1.24. The summed E-state index contributed by atoms with van der Waals surface area (Å²) in [6.45, 7) is 0.915. The Labute approximate surface area is 114 Å². The first-order chi connectivity index (χ1) is 8.54. The van der Waals surface area contributed by atoms with Crippen molar-refractivity contribution in [1.29, 1.82) is 0 Å². The Balaban J connectivity index is 2.13. The van der Waals surface area contributed by atoms with Crippen molar-refractivity contribution in [3.63, 3.8) is 0 Å². The van der Waals surface area contributed by atoms with Gasteiger partial charge in [-0.05, 0) is 26.2 Å². The first-order valence-corrected chi connectivity index (χ1v) is 7.14. The zero-order valence-corrected chi connectivity index (χ0v) is 11.8. The zero-order valence-electron chi connectivity index (χ0n) is 10.2. The summed E-state index contributed by atoms with van der Waals surface area (Å²) < 4.78 is 0. The molecule has 2 rings (SSSR count). The molecule has 0 saturated carbocycles. The van der Waals surface area contributed by atoms with E-state index in [9.17, 15) is 4.79 Å². The third kappa shape index (κ3) is 3.38. The van der Waals surface area contributed by atoms with E-state index in [0.717, 1.165) is 16.4 Å². The van der Waals surface area contributed by atoms with Crippen LogP contribution in [0.1, 0.15) is 10.6 Å². The quantitative estimate of drug-likeness (QED) is 0.915. The lowest BCUT2D eigenvalue weighted by molar-refractivity contribution is -0.136. The number of thiophene rings is 1. The monoisotopic (exact) mass is 282 g/mol. The molecule has 0 spiro atoms. The molecule has 0 radical (unpaired) electrons. The van der Waals surface area contributed by atoms with Crippen LogP contribution < -0.4 is 0 Å². The molecule has 0 aromatic carbocycles. The highest BCUT2D eigenvalue weighted by molar-refractivity contribution is 7.21. The minimum atomic E-state index is -0.841. The number of aromatic nitrogens is 1. The molecule has 2 aromatic heterocycles. The van der Waals surface area contributed by atoms with Crippen LogP contribution in [0.15, 0.2) is 17.5 Å². The normalized spacial score (nSPS) is 11.1. The number of carboxylic acids is 1. The fourth-order valence-corrected chi connectivity index (χ4v) is 3.56. The molecule has 0 bridgehead atoms. The number of aliphatic carboxylic acids is 1. The number of carboxylic acid groups (broad SMARTS) is 1. The third-order valence-electron chi connectivity index (χ3n) is 2.23. The molecule has 0 aliphatic rings. The molecule has 0 unspecified atom stereocenters. The Kier molecular flexibility index (Phi) is 4.11. The molecule has 2 heterocycles. The maximum Gasteiger partial charge on any atom is 0.309 e. The number of thiazole rings is 1. The van der Waals surface area contributed by atoms with Gasteiger partial charge < -0.3 is 10.0 Å². The van der Waals surface area contributed by atoms with Gasteiger partial charge in [-0.3, -0.25) is 4.79 Å². The Morgan fingerprint density at radius 3 is 2.89 bits per heavy atom. The standard InChI is InChI=1S/C12H14N2O2S2/c1-14(2)6-9-3-4-10(18-9)12-13-8(7-17-12)5-11(15)16/h3-4,7H,5-6H2,1-2H3,(H,15,16). The van der Waals surface area contributed by atoms with Gasteiger partial charge in [-0.15, -0.1) is 22.7 Å². The van der Waals surface area contributed by atoms with E-state index in [1.165, 1.54) is 16.2 Å². The van der Waals surface area contributed by atoms with Gasteiger partial charge in [0.05, 0.1) is 17.0 Å². The summed E-state index contributed by atoms with van der Waals surface area (Å²) in [6, 6.07) is 4.14. The largest absolute Gasteiger partial charge is 0.481 e. The molecule has 0 aliphatic carbocycles. The Bertz CT molecular complexity index is 546. The highest BCUT2D eigenvalue weighted by Gasteiger charge is 2.10. The van der Waals surface area contributed by atoms with Crippen molar-refractivity contribution in [2.45, 2.75) is 13.0 Å². The molecule has 2 aromatic rings. The van der Waals surface area contributed by atoms with Crippen LogP contribution in [0.5, 0.6) is 0 Å². The lowest BCUT2D eigenvalue weighted by atomic mass is 10.3. The second-order valence-electron chi connectivity index (χ2n) is 4.22. The summed E-state index contributed by atoms with van der Waals surface area (Å²) in [6.07, 6.45) is -0.00751. The number of hydrogen-bond acceptors (Lipinski definition) is 5. The number of hydrogen-bond donors (Lipinski definition) is 1. The maximum absolute atomic E-state index is 10.6. The fraction of sp³-hybridized carbons (Fsp3) is 0.333. The van der Waals surface area contributed by atoms with Crippen molar-refractivity contribution in [3.8, 4) is 9.88 Å². The molecular formula is C12H14N2O2S2. The number of carbonyl (C=O) groups is 1. The van der Waals surface area contributed by atoms with Crippen LogP contribution in [0, 0.1) is 0 Å². The molecule has 1 N–H and O–H groups in total. The third-order valence-corrected chi connectivity index (χ3v) is 4.36. The van der Waals surface area contributed by atoms with Crippen LogP contribution in [-0.4, -0.2) is 35.1 Å². The van der Waals surface area contributed by atoms with Gasteiger partial charge in [0.1, 0.15) is 5.01 Å². The van der Waals surface area contributed by atoms with E-state index in [1.54, 1.807) is 11.3 Å². The van der Waals surface area contributed by atoms with Crippen LogP contribution in [0.4, 0.5) is 0 Å². The molecule has 0 saturated heterocycles. The molecule has 0 fully saturated rings. The minimum absolute atomic E-state index is 0.00751. The van der Waals surface area contributed by atoms with Crippen LogP contribution in [0.3, 0.4) is 0 Å². The van der Waals surface area contributed by atoms with Gasteiger partial charge in [0, 0.05) is 16.8 Å². The predicted molar refractivity (Wildman–Crippen MR) is 74.2 cm³/mol. The highest BCUT2D eigenvalue weighted by Crippen LogP contribution is 2.31. The lowest BCUT2D eigenvalue weighted by Crippen LogP contribution is -2.09. The summed E-state index contributed by atoms with van der Waals surface area (Å²) >= 11 is 3.20. The van der Waals surface area contributed by atoms with E-state index in [2.05, 4.69) is 16.0 Å². The Morgan fingerprint density at radius 1 is 1.44 bits per heavy atom. The number of rotatable bonds is 5. The molecule has 6 heteroatoms. The van der Waals surface area contributed by atoms with Crippen LogP contribution in [0.2, 0.25) is 0 Å². The van der Waals surface area contributed by atoms with Gasteiger partial charge in [0.25, 0.3) is 0 Å². The second-order valence-corrected chi connectivity index (χ2v) is 6.24. The van der Waals surface area contributed by atoms with Crippen LogP contribution in [-0.2, 0) is 17.8 Å². The van der Waals surface area contributed by atoms with Gasteiger partial charge in [0.15, 0.2) is 0 Å². The summed E-state index contributed by atoms with van der Waals surface area (Å²) in [7, 11) is 4.07. The maximum atomic E-state index is 10.6. The van der Waals surface area contributed by atoms with Crippen molar-refractivity contribution < 1.29 is 9.90 Å². The molecule has 0 atom stereocenters. The van der Waals surface area contributed by atoms with E-state index in [-0.39, 0.29) is 6.42 Å². The van der Waals surface area contributed by atoms with Crippen molar-refractivity contribution >= 4 is 28.6 Å². The SMILES string of the molecule is CN(C)Cc1ccc(-c2nc(CC(=O)O)cs2)s1. The fourth-order valence-electron chi connectivity index (χ4n) is 1.55. The Morgan fingerprint density at radius 2 is 2.22 bits per heavy atom. The smallest absolute Gasteiger partial charge is 0.309 e. The molecule has 0 amide bonds. The van der Waals surface area contributed by atoms with Gasteiger partial charge in [0.2, 0.25) is 0 Å². The second kappa shape index (κ2) is 5.60. The van der Waals surface area contributed by atoms with E-state index in [4.69, 9.17) is 5.11 Å². The summed E-state index contributed by atoms with van der Waals surface area (Å²) in [5.74, 6) is -0.841. The average molecular weight is 282 g/mol. The predicted octanol–water partition coefficient (Wildman–Crippen LogP) is 2.56. The van der Waals surface area contributed by atoms with E-state index in [1.807, 2.05) is 25.5 Å². The highest BCUT2D eigenvalue weighted by atomic mass is 32.1. The average Bonchev–Trinajstić information content (AvgIpc) is 2.85. The van der Waals surface area contributed by atoms with Crippen molar-refractivity contribution in [3.05, 3.63) is 28.1 Å². The topological polar surface area (TPSA) is 53.4 Å². The van der Waals surface area contributed by atoms with E-state index in [0.29, 0.717) is 5.69 Å². The molecule has 0 aliphatic heterocycles. The van der Waals surface area contributed by atoms with Crippen molar-refractivity contribution in [1.82, 2.24) is 9.88 Å². The van der Waals surface area contributed by atoms with Gasteiger partial charge in [-0.2, -0.15) is 0 Å². The van der Waals surface area contributed by atoms with Gasteiger partial charge in [-0.1, -0.05) is 0 Å². The van der Waals surface area contributed by atoms with E-state index < -0.39 is 5.97 Å². The van der Waals surface area contributed by atoms with Crippen molar-refractivity contribution in [2.75, 3.05) is 14.1 Å². The van der Waals surface area contributed by atoms with Gasteiger partial charge >= 0.3 is 5.97 Å². The summed E-state index contributed by atoms with van der Waals surface area (Å²) in [4.78, 5) is 19.5. The summed E-state index contributed by atoms with van der Waals surface area (Å²) in [5, 5.41) is 11.4. The molecular weight excluding hydrogens is 268 g/mol. The van der Waals surface area contributed by atoms with Crippen molar-refractivity contribution in [2.24, 2.45) is 0 Å². The van der Waals surface area contributed by atoms with E-state index >= 15 is 0 Å². The lowest BCUT2D eigenvalue weighted by Gasteiger charge is -2.05. The first-order valence-electron chi connectivity index (χ1n) is 5.44. The summed E-state index contributed by atoms with van der Waals surface area (Å²) in [5.41, 5.74) is 0.630. The van der Waals surface area contributed by atoms with Crippen LogP contribution >= 0.6 is 22.7 Å². The zero-order chi connectivity index (χ0) is 13.1.